The molecule has 0 bridgehead atoms. The number of aromatic nitrogens is 2. The Morgan fingerprint density at radius 1 is 1.25 bits per heavy atom. The van der Waals surface area contributed by atoms with E-state index in [0.29, 0.717) is 16.3 Å². The van der Waals surface area contributed by atoms with Gasteiger partial charge in [0.25, 0.3) is 11.5 Å². The molecule has 0 fully saturated rings. The summed E-state index contributed by atoms with van der Waals surface area (Å²) in [7, 11) is 0. The normalized spacial score (nSPS) is 11.0. The van der Waals surface area contributed by atoms with Crippen LogP contribution in [-0.2, 0) is 0 Å². The van der Waals surface area contributed by atoms with Gasteiger partial charge in [0.15, 0.2) is 5.69 Å². The van der Waals surface area contributed by atoms with Crippen LogP contribution in [0.5, 0.6) is 5.75 Å². The second kappa shape index (κ2) is 6.63. The molecule has 0 spiro atoms. The van der Waals surface area contributed by atoms with Crippen molar-refractivity contribution in [3.8, 4) is 5.75 Å². The van der Waals surface area contributed by atoms with Crippen molar-refractivity contribution in [2.75, 3.05) is 0 Å². The van der Waals surface area contributed by atoms with E-state index in [1.54, 1.807) is 36.4 Å². The lowest BCUT2D eigenvalue weighted by molar-refractivity contribution is 0.0951. The van der Waals surface area contributed by atoms with Crippen LogP contribution in [-0.4, -0.2) is 27.4 Å². The number of nitrogens with zero attached hydrogens (tertiary/aromatic N) is 2. The molecule has 1 heterocycles. The summed E-state index contributed by atoms with van der Waals surface area (Å²) in [5, 5.41) is 20.4. The van der Waals surface area contributed by atoms with Gasteiger partial charge in [-0.25, -0.2) is 10.5 Å². The lowest BCUT2D eigenvalue weighted by Gasteiger charge is -2.03. The number of hydrazone groups is 1. The van der Waals surface area contributed by atoms with Crippen molar-refractivity contribution in [2.45, 2.75) is 0 Å². The third-order valence-corrected chi connectivity index (χ3v) is 3.76. The number of nitrogens with one attached hydrogen (secondary N) is 2. The molecule has 8 heteroatoms. The monoisotopic (exact) mass is 386 g/mol. The zero-order valence-corrected chi connectivity index (χ0v) is 13.7. The standard InChI is InChI=1S/C16H11BrN4O3/c17-10-5-6-13(22)9(7-10)8-18-20-16(24)14-11-3-1-2-4-12(11)15(23)21-19-14/h1-8,22H,(H,20,24)(H,21,23)/b18-8+. The first kappa shape index (κ1) is 15.9. The first-order valence-corrected chi connectivity index (χ1v) is 7.65. The Balaban J connectivity index is 1.86. The van der Waals surface area contributed by atoms with Crippen molar-refractivity contribution in [2.24, 2.45) is 5.10 Å². The van der Waals surface area contributed by atoms with Crippen molar-refractivity contribution in [1.29, 1.82) is 0 Å². The molecule has 2 aromatic carbocycles. The van der Waals surface area contributed by atoms with E-state index in [1.165, 1.54) is 12.3 Å². The van der Waals surface area contributed by atoms with Gasteiger partial charge in [0, 0.05) is 15.4 Å². The average Bonchev–Trinajstić information content (AvgIpc) is 2.58. The zero-order valence-electron chi connectivity index (χ0n) is 12.2. The number of rotatable bonds is 3. The van der Waals surface area contributed by atoms with E-state index >= 15 is 0 Å². The molecule has 1 aromatic heterocycles. The summed E-state index contributed by atoms with van der Waals surface area (Å²) >= 11 is 3.28. The Labute approximate surface area is 144 Å². The van der Waals surface area contributed by atoms with Crippen molar-refractivity contribution in [3.05, 3.63) is 68.5 Å². The Hall–Kier alpha value is -3.00. The fourth-order valence-electron chi connectivity index (χ4n) is 2.13. The smallest absolute Gasteiger partial charge is 0.292 e. The highest BCUT2D eigenvalue weighted by Gasteiger charge is 2.13. The van der Waals surface area contributed by atoms with Gasteiger partial charge < -0.3 is 5.11 Å². The summed E-state index contributed by atoms with van der Waals surface area (Å²) in [6, 6.07) is 11.5. The third-order valence-electron chi connectivity index (χ3n) is 3.27. The summed E-state index contributed by atoms with van der Waals surface area (Å²) < 4.78 is 0.765. The van der Waals surface area contributed by atoms with Crippen molar-refractivity contribution in [3.63, 3.8) is 0 Å². The second-order valence-corrected chi connectivity index (χ2v) is 5.76. The van der Waals surface area contributed by atoms with Crippen LogP contribution >= 0.6 is 15.9 Å². The van der Waals surface area contributed by atoms with Gasteiger partial charge in [-0.1, -0.05) is 34.1 Å². The molecule has 3 N–H and O–H groups in total. The average molecular weight is 387 g/mol. The van der Waals surface area contributed by atoms with Gasteiger partial charge in [-0.3, -0.25) is 9.59 Å². The maximum atomic E-state index is 12.2. The highest BCUT2D eigenvalue weighted by atomic mass is 79.9. The molecule has 120 valence electrons. The Morgan fingerprint density at radius 3 is 2.79 bits per heavy atom. The number of phenolic OH excluding ortho intramolecular Hbond substituents is 1. The lowest BCUT2D eigenvalue weighted by atomic mass is 10.1. The van der Waals surface area contributed by atoms with Crippen LogP contribution in [0.1, 0.15) is 16.1 Å². The van der Waals surface area contributed by atoms with Crippen LogP contribution < -0.4 is 11.0 Å². The molecule has 24 heavy (non-hydrogen) atoms. The molecule has 0 aliphatic carbocycles. The maximum absolute atomic E-state index is 12.2. The van der Waals surface area contributed by atoms with Crippen molar-refractivity contribution in [1.82, 2.24) is 15.6 Å². The van der Waals surface area contributed by atoms with Crippen LogP contribution in [0.25, 0.3) is 10.8 Å². The highest BCUT2D eigenvalue weighted by molar-refractivity contribution is 9.10. The Kier molecular flexibility index (Phi) is 4.39. The number of carbonyl (C=O) groups is 1. The number of carbonyl (C=O) groups excluding carboxylic acids is 1. The minimum absolute atomic E-state index is 0.0313. The molecule has 0 radical (unpaired) electrons. The molecular formula is C16H11BrN4O3. The van der Waals surface area contributed by atoms with E-state index in [1.807, 2.05) is 0 Å². The van der Waals surface area contributed by atoms with E-state index in [-0.39, 0.29) is 17.0 Å². The number of aromatic hydroxyl groups is 1. The predicted molar refractivity (Wildman–Crippen MR) is 93.2 cm³/mol. The predicted octanol–water partition coefficient (Wildman–Crippen LogP) is 2.16. The van der Waals surface area contributed by atoms with E-state index in [0.717, 1.165) is 4.47 Å². The van der Waals surface area contributed by atoms with Gasteiger partial charge >= 0.3 is 0 Å². The Bertz CT molecular complexity index is 1010. The minimum atomic E-state index is -0.576. The van der Waals surface area contributed by atoms with Crippen LogP contribution in [0.15, 0.2) is 56.8 Å². The van der Waals surface area contributed by atoms with E-state index in [2.05, 4.69) is 36.7 Å². The summed E-state index contributed by atoms with van der Waals surface area (Å²) in [4.78, 5) is 23.9. The van der Waals surface area contributed by atoms with Crippen LogP contribution in [0.4, 0.5) is 0 Å². The highest BCUT2D eigenvalue weighted by Crippen LogP contribution is 2.20. The molecule has 0 aliphatic heterocycles. The number of benzene rings is 2. The molecule has 1 amide bonds. The molecule has 0 atom stereocenters. The quantitative estimate of drug-likeness (QED) is 0.473. The van der Waals surface area contributed by atoms with Crippen LogP contribution in [0.2, 0.25) is 0 Å². The van der Waals surface area contributed by atoms with Gasteiger partial charge in [0.2, 0.25) is 0 Å². The molecule has 7 nitrogen and oxygen atoms in total. The fourth-order valence-corrected chi connectivity index (χ4v) is 2.51. The van der Waals surface area contributed by atoms with E-state index < -0.39 is 5.91 Å². The number of fused-ring (bicyclic) bond motifs is 1. The van der Waals surface area contributed by atoms with E-state index in [9.17, 15) is 14.7 Å². The fraction of sp³-hybridized carbons (Fsp3) is 0. The molecule has 0 saturated carbocycles. The summed E-state index contributed by atoms with van der Waals surface area (Å²) in [5.41, 5.74) is 2.45. The lowest BCUT2D eigenvalue weighted by Crippen LogP contribution is -2.22. The van der Waals surface area contributed by atoms with E-state index in [4.69, 9.17) is 0 Å². The molecule has 0 saturated heterocycles. The minimum Gasteiger partial charge on any atom is -0.507 e. The van der Waals surface area contributed by atoms with Gasteiger partial charge in [-0.2, -0.15) is 10.2 Å². The SMILES string of the molecule is O=C(N/N=C/c1cc(Br)ccc1O)c1n[nH]c(=O)c2ccccc12. The van der Waals surface area contributed by atoms with Gasteiger partial charge in [-0.05, 0) is 24.3 Å². The summed E-state index contributed by atoms with van der Waals surface area (Å²) in [5.74, 6) is -0.544. The van der Waals surface area contributed by atoms with Crippen molar-refractivity contribution >= 4 is 38.8 Å². The molecule has 0 unspecified atom stereocenters. The maximum Gasteiger partial charge on any atom is 0.292 e. The largest absolute Gasteiger partial charge is 0.507 e. The van der Waals surface area contributed by atoms with Crippen molar-refractivity contribution < 1.29 is 9.90 Å². The second-order valence-electron chi connectivity index (χ2n) is 4.85. The number of amides is 1. The van der Waals surface area contributed by atoms with Gasteiger partial charge in [-0.15, -0.1) is 0 Å². The first-order chi connectivity index (χ1) is 11.6. The van der Waals surface area contributed by atoms with Gasteiger partial charge in [0.1, 0.15) is 5.75 Å². The number of phenols is 1. The number of halogens is 1. The molecule has 0 aliphatic rings. The molecule has 3 aromatic rings. The Morgan fingerprint density at radius 2 is 2.00 bits per heavy atom. The van der Waals surface area contributed by atoms with Crippen LogP contribution in [0, 0.1) is 0 Å². The summed E-state index contributed by atoms with van der Waals surface area (Å²) in [6.45, 7) is 0. The van der Waals surface area contributed by atoms with Crippen LogP contribution in [0.3, 0.4) is 0 Å². The summed E-state index contributed by atoms with van der Waals surface area (Å²) in [6.07, 6.45) is 1.31. The third kappa shape index (κ3) is 3.18. The zero-order chi connectivity index (χ0) is 17.1. The van der Waals surface area contributed by atoms with Gasteiger partial charge in [0.05, 0.1) is 11.6 Å². The number of H-pyrrole nitrogens is 1. The topological polar surface area (TPSA) is 107 Å². The molecule has 3 rings (SSSR count). The number of aromatic amines is 1. The first-order valence-electron chi connectivity index (χ1n) is 6.85. The number of hydrogen-bond donors (Lipinski definition) is 3. The molecular weight excluding hydrogens is 376 g/mol. The number of hydrogen-bond acceptors (Lipinski definition) is 5.